The Kier molecular flexibility index (Phi) is 5.68. The summed E-state index contributed by atoms with van der Waals surface area (Å²) in [6.45, 7) is 0.917. The van der Waals surface area contributed by atoms with E-state index in [0.717, 1.165) is 22.4 Å². The van der Waals surface area contributed by atoms with E-state index in [1.165, 1.54) is 10.6 Å². The Morgan fingerprint density at radius 1 is 1.26 bits per heavy atom. The third kappa shape index (κ3) is 4.79. The second-order valence-corrected chi connectivity index (χ2v) is 8.28. The Morgan fingerprint density at radius 3 is 2.67 bits per heavy atom. The summed E-state index contributed by atoms with van der Waals surface area (Å²) in [5.41, 5.74) is 8.91. The number of fused-ring (bicyclic) bond motifs is 1. The van der Waals surface area contributed by atoms with E-state index in [9.17, 15) is 8.42 Å². The number of aromatic amines is 1. The molecule has 27 heavy (non-hydrogen) atoms. The first-order valence-electron chi connectivity index (χ1n) is 8.49. The van der Waals surface area contributed by atoms with Crippen molar-refractivity contribution < 1.29 is 13.5 Å². The minimum Gasteiger partial charge on any atom is -0.393 e. The van der Waals surface area contributed by atoms with Crippen LogP contribution < -0.4 is 5.73 Å². The zero-order valence-corrected chi connectivity index (χ0v) is 15.7. The summed E-state index contributed by atoms with van der Waals surface area (Å²) < 4.78 is 23.3. The van der Waals surface area contributed by atoms with Gasteiger partial charge in [-0.05, 0) is 31.0 Å². The van der Waals surface area contributed by atoms with Gasteiger partial charge in [-0.1, -0.05) is 0 Å². The maximum Gasteiger partial charge on any atom is 0.211 e. The maximum atomic E-state index is 10.9. The number of pyridine rings is 1. The summed E-state index contributed by atoms with van der Waals surface area (Å²) in [7, 11) is -3.03. The number of aliphatic hydroxyl groups excluding tert-OH is 1. The van der Waals surface area contributed by atoms with Crippen LogP contribution >= 0.6 is 0 Å². The number of hydrogen-bond acceptors (Lipinski definition) is 7. The van der Waals surface area contributed by atoms with E-state index in [0.29, 0.717) is 31.7 Å². The molecule has 0 spiro atoms. The first-order valence-corrected chi connectivity index (χ1v) is 10.3. The summed E-state index contributed by atoms with van der Waals surface area (Å²) in [6, 6.07) is 5.58. The van der Waals surface area contributed by atoms with Gasteiger partial charge < -0.3 is 15.8 Å². The summed E-state index contributed by atoms with van der Waals surface area (Å²) in [5, 5.41) is 9.07. The molecule has 0 saturated carbocycles. The van der Waals surface area contributed by atoms with Gasteiger partial charge in [-0.3, -0.25) is 0 Å². The number of nitrogens with two attached hydrogens (primary N) is 1. The molecule has 3 aromatic heterocycles. The minimum atomic E-state index is -3.03. The van der Waals surface area contributed by atoms with Crippen LogP contribution in [0.25, 0.3) is 22.4 Å². The van der Waals surface area contributed by atoms with Crippen LogP contribution in [0.15, 0.2) is 36.8 Å². The molecule has 0 radical (unpaired) electrons. The van der Waals surface area contributed by atoms with Gasteiger partial charge in [-0.15, -0.1) is 0 Å². The Labute approximate surface area is 157 Å². The number of H-pyrrole nitrogens is 1. The highest BCUT2D eigenvalue weighted by Crippen LogP contribution is 2.22. The average molecular weight is 390 g/mol. The molecule has 0 aliphatic carbocycles. The maximum absolute atomic E-state index is 10.9. The van der Waals surface area contributed by atoms with Crippen molar-refractivity contribution in [3.05, 3.63) is 36.8 Å². The molecule has 0 aromatic carbocycles. The summed E-state index contributed by atoms with van der Waals surface area (Å²) in [4.78, 5) is 15.7. The van der Waals surface area contributed by atoms with Crippen molar-refractivity contribution in [1.29, 1.82) is 0 Å². The van der Waals surface area contributed by atoms with Crippen molar-refractivity contribution in [2.75, 3.05) is 25.1 Å². The van der Waals surface area contributed by atoms with Crippen molar-refractivity contribution in [2.24, 2.45) is 0 Å². The van der Waals surface area contributed by atoms with Crippen molar-refractivity contribution >= 4 is 27.0 Å². The van der Waals surface area contributed by atoms with E-state index in [-0.39, 0.29) is 6.10 Å². The lowest BCUT2D eigenvalue weighted by Crippen LogP contribution is -2.39. The zero-order valence-electron chi connectivity index (χ0n) is 14.9. The van der Waals surface area contributed by atoms with Crippen LogP contribution in [0.1, 0.15) is 12.8 Å². The number of sulfonamides is 1. The van der Waals surface area contributed by atoms with Crippen LogP contribution in [-0.4, -0.2) is 63.2 Å². The summed E-state index contributed by atoms with van der Waals surface area (Å²) in [6.07, 6.45) is 7.16. The summed E-state index contributed by atoms with van der Waals surface area (Å²) >= 11 is 0. The first-order chi connectivity index (χ1) is 12.8. The quantitative estimate of drug-likeness (QED) is 0.593. The van der Waals surface area contributed by atoms with E-state index in [1.54, 1.807) is 18.6 Å². The smallest absolute Gasteiger partial charge is 0.211 e. The monoisotopic (exact) mass is 390 g/mol. The largest absolute Gasteiger partial charge is 0.393 e. The van der Waals surface area contributed by atoms with Crippen LogP contribution in [-0.2, 0) is 10.0 Å². The van der Waals surface area contributed by atoms with Crippen LogP contribution in [0.5, 0.6) is 0 Å². The molecule has 0 bridgehead atoms. The Hall–Kier alpha value is -2.56. The van der Waals surface area contributed by atoms with Crippen molar-refractivity contribution in [3.63, 3.8) is 0 Å². The molecule has 3 aromatic rings. The normalized spacial score (nSPS) is 16.1. The number of nitrogens with one attached hydrogen (secondary N) is 1. The number of piperidine rings is 1. The molecule has 9 nitrogen and oxygen atoms in total. The van der Waals surface area contributed by atoms with E-state index in [2.05, 4.69) is 19.9 Å². The molecule has 1 saturated heterocycles. The fourth-order valence-electron chi connectivity index (χ4n) is 2.77. The number of hydrogen-bond donors (Lipinski definition) is 3. The first kappa shape index (κ1) is 19.2. The zero-order chi connectivity index (χ0) is 19.4. The van der Waals surface area contributed by atoms with Gasteiger partial charge >= 0.3 is 0 Å². The number of rotatable bonds is 2. The number of nitrogen functional groups attached to an aromatic ring is 1. The average Bonchev–Trinajstić information content (AvgIpc) is 3.10. The van der Waals surface area contributed by atoms with E-state index in [1.807, 2.05) is 18.2 Å². The number of anilines is 1. The van der Waals surface area contributed by atoms with E-state index in [4.69, 9.17) is 10.8 Å². The predicted molar refractivity (Wildman–Crippen MR) is 103 cm³/mol. The third-order valence-corrected chi connectivity index (χ3v) is 5.57. The second kappa shape index (κ2) is 7.99. The van der Waals surface area contributed by atoms with Crippen LogP contribution in [0, 0.1) is 0 Å². The lowest BCUT2D eigenvalue weighted by atomic mass is 10.1. The second-order valence-electron chi connectivity index (χ2n) is 6.30. The highest BCUT2D eigenvalue weighted by molar-refractivity contribution is 7.88. The molecule has 0 amide bonds. The van der Waals surface area contributed by atoms with Crippen molar-refractivity contribution in [1.82, 2.24) is 24.2 Å². The molecule has 4 heterocycles. The molecule has 0 unspecified atom stereocenters. The lowest BCUT2D eigenvalue weighted by molar-refractivity contribution is 0.113. The van der Waals surface area contributed by atoms with Crippen LogP contribution in [0.3, 0.4) is 0 Å². The lowest BCUT2D eigenvalue weighted by Gasteiger charge is -2.27. The topological polar surface area (TPSA) is 138 Å². The highest BCUT2D eigenvalue weighted by atomic mass is 32.2. The Morgan fingerprint density at radius 2 is 2.00 bits per heavy atom. The highest BCUT2D eigenvalue weighted by Gasteiger charge is 2.23. The van der Waals surface area contributed by atoms with Crippen LogP contribution in [0.2, 0.25) is 0 Å². The molecule has 4 N–H and O–H groups in total. The Balaban J connectivity index is 0.000000168. The van der Waals surface area contributed by atoms with Gasteiger partial charge in [0.2, 0.25) is 10.0 Å². The predicted octanol–water partition coefficient (Wildman–Crippen LogP) is 1.00. The van der Waals surface area contributed by atoms with Crippen LogP contribution in [0.4, 0.5) is 5.82 Å². The van der Waals surface area contributed by atoms with Gasteiger partial charge in [-0.2, -0.15) is 0 Å². The van der Waals surface area contributed by atoms with Gasteiger partial charge in [0.05, 0.1) is 24.3 Å². The fraction of sp³-hybridized carbons (Fsp3) is 0.353. The van der Waals surface area contributed by atoms with Gasteiger partial charge in [0.1, 0.15) is 11.3 Å². The molecule has 10 heteroatoms. The minimum absolute atomic E-state index is 0.312. The number of aromatic nitrogens is 4. The molecule has 1 aliphatic heterocycles. The van der Waals surface area contributed by atoms with Gasteiger partial charge in [0.25, 0.3) is 0 Å². The SMILES string of the molecule is CS(=O)(=O)N1CCC(O)CC1.Nc1ncccc1-c1cnc2[nH]ccc2n1. The molecule has 1 aliphatic rings. The standard InChI is InChI=1S/C11H9N5.C6H13NO3S/c12-10-7(2-1-4-13-10)9-6-15-11-8(16-9)3-5-14-11;1-11(9,10)7-4-2-6(8)3-5-7/h1-6H,(H2,12,13)(H,14,15);6,8H,2-5H2,1H3. The fourth-order valence-corrected chi connectivity index (χ4v) is 3.64. The van der Waals surface area contributed by atoms with Gasteiger partial charge in [0.15, 0.2) is 5.65 Å². The van der Waals surface area contributed by atoms with Gasteiger partial charge in [-0.25, -0.2) is 27.7 Å². The van der Waals surface area contributed by atoms with Crippen molar-refractivity contribution in [3.8, 4) is 11.3 Å². The van der Waals surface area contributed by atoms with Crippen molar-refractivity contribution in [2.45, 2.75) is 18.9 Å². The summed E-state index contributed by atoms with van der Waals surface area (Å²) in [5.74, 6) is 0.465. The Bertz CT molecular complexity index is 1010. The molecule has 1 fully saturated rings. The molecular formula is C17H22N6O3S. The van der Waals surface area contributed by atoms with E-state index < -0.39 is 10.0 Å². The number of nitrogens with zero attached hydrogens (tertiary/aromatic N) is 4. The number of aliphatic hydroxyl groups is 1. The molecular weight excluding hydrogens is 368 g/mol. The van der Waals surface area contributed by atoms with E-state index >= 15 is 0 Å². The molecule has 144 valence electrons. The molecule has 4 rings (SSSR count). The third-order valence-electron chi connectivity index (χ3n) is 4.27. The van der Waals surface area contributed by atoms with Gasteiger partial charge in [0, 0.05) is 31.0 Å². The molecule has 0 atom stereocenters.